The molecule has 15 heavy (non-hydrogen) atoms. The number of likely N-dealkylation sites (tertiary alicyclic amines) is 1. The van der Waals surface area contributed by atoms with Gasteiger partial charge in [-0.15, -0.1) is 0 Å². The minimum atomic E-state index is -1.08. The van der Waals surface area contributed by atoms with Crippen molar-refractivity contribution in [2.75, 3.05) is 0 Å². The average molecular weight is 211 g/mol. The summed E-state index contributed by atoms with van der Waals surface area (Å²) >= 11 is 0. The lowest BCUT2D eigenvalue weighted by molar-refractivity contribution is -0.157. The minimum absolute atomic E-state index is 0.117. The summed E-state index contributed by atoms with van der Waals surface area (Å²) in [4.78, 5) is 35.0. The van der Waals surface area contributed by atoms with Gasteiger partial charge in [-0.25, -0.2) is 4.79 Å². The van der Waals surface area contributed by atoms with Crippen molar-refractivity contribution in [3.8, 4) is 0 Å². The Hall–Kier alpha value is -1.39. The Morgan fingerprint density at radius 3 is 2.40 bits per heavy atom. The van der Waals surface area contributed by atoms with E-state index in [9.17, 15) is 14.4 Å². The third-order valence-corrected chi connectivity index (χ3v) is 3.19. The van der Waals surface area contributed by atoms with Crippen LogP contribution in [0.4, 0.5) is 0 Å². The minimum Gasteiger partial charge on any atom is -0.480 e. The summed E-state index contributed by atoms with van der Waals surface area (Å²) in [6.45, 7) is 0. The summed E-state index contributed by atoms with van der Waals surface area (Å²) in [5, 5.41) is 8.88. The molecule has 2 fully saturated rings. The lowest BCUT2D eigenvalue weighted by atomic mass is 9.84. The highest BCUT2D eigenvalue weighted by molar-refractivity contribution is 6.02. The van der Waals surface area contributed by atoms with E-state index in [2.05, 4.69) is 0 Å². The molecule has 0 aromatic rings. The zero-order chi connectivity index (χ0) is 11.0. The van der Waals surface area contributed by atoms with Crippen LogP contribution in [0.2, 0.25) is 0 Å². The molecule has 1 atom stereocenters. The van der Waals surface area contributed by atoms with Crippen LogP contribution in [-0.2, 0) is 14.4 Å². The number of amides is 2. The van der Waals surface area contributed by atoms with E-state index < -0.39 is 12.0 Å². The molecule has 1 aliphatic carbocycles. The van der Waals surface area contributed by atoms with Gasteiger partial charge in [-0.2, -0.15) is 0 Å². The van der Waals surface area contributed by atoms with Gasteiger partial charge in [0.25, 0.3) is 0 Å². The lowest BCUT2D eigenvalue weighted by Crippen LogP contribution is -2.47. The number of carbonyl (C=O) groups excluding carboxylic acids is 2. The van der Waals surface area contributed by atoms with Crippen molar-refractivity contribution in [1.29, 1.82) is 0 Å². The predicted octanol–water partition coefficient (Wildman–Crippen LogP) is 0.389. The average Bonchev–Trinajstić information content (AvgIpc) is 2.43. The summed E-state index contributed by atoms with van der Waals surface area (Å²) in [6.07, 6.45) is 3.00. The standard InChI is InChI=1S/C10H13NO4/c12-8-5-4-7(10(14)15)11(8)9(13)6-2-1-3-6/h6-7H,1-5H2,(H,14,15). The second-order valence-corrected chi connectivity index (χ2v) is 4.12. The first-order valence-electron chi connectivity index (χ1n) is 5.20. The van der Waals surface area contributed by atoms with E-state index in [1.807, 2.05) is 0 Å². The second kappa shape index (κ2) is 3.64. The molecule has 5 nitrogen and oxygen atoms in total. The first-order valence-corrected chi connectivity index (χ1v) is 5.20. The molecule has 0 radical (unpaired) electrons. The van der Waals surface area contributed by atoms with Crippen LogP contribution >= 0.6 is 0 Å². The van der Waals surface area contributed by atoms with Gasteiger partial charge in [-0.3, -0.25) is 14.5 Å². The zero-order valence-corrected chi connectivity index (χ0v) is 8.31. The van der Waals surface area contributed by atoms with E-state index in [0.717, 1.165) is 24.2 Å². The fraction of sp³-hybridized carbons (Fsp3) is 0.700. The normalized spacial score (nSPS) is 26.5. The van der Waals surface area contributed by atoms with Gasteiger partial charge in [0, 0.05) is 12.3 Å². The van der Waals surface area contributed by atoms with Crippen molar-refractivity contribution in [2.24, 2.45) is 5.92 Å². The van der Waals surface area contributed by atoms with Crippen molar-refractivity contribution in [3.05, 3.63) is 0 Å². The lowest BCUT2D eigenvalue weighted by Gasteiger charge is -2.29. The Kier molecular flexibility index (Phi) is 2.46. The number of carboxylic acid groups (broad SMARTS) is 1. The molecule has 1 saturated carbocycles. The van der Waals surface area contributed by atoms with Gasteiger partial charge in [0.2, 0.25) is 11.8 Å². The third-order valence-electron chi connectivity index (χ3n) is 3.19. The largest absolute Gasteiger partial charge is 0.480 e. The number of aliphatic carboxylic acids is 1. The maximum absolute atomic E-state index is 11.8. The highest BCUT2D eigenvalue weighted by Crippen LogP contribution is 2.31. The van der Waals surface area contributed by atoms with E-state index in [4.69, 9.17) is 5.11 Å². The number of rotatable bonds is 2. The van der Waals surface area contributed by atoms with Crippen molar-refractivity contribution >= 4 is 17.8 Å². The van der Waals surface area contributed by atoms with Gasteiger partial charge in [-0.1, -0.05) is 6.42 Å². The summed E-state index contributed by atoms with van der Waals surface area (Å²) in [7, 11) is 0. The van der Waals surface area contributed by atoms with E-state index in [-0.39, 0.29) is 30.6 Å². The Morgan fingerprint density at radius 2 is 1.93 bits per heavy atom. The molecule has 0 aromatic heterocycles. The zero-order valence-electron chi connectivity index (χ0n) is 8.31. The topological polar surface area (TPSA) is 74.7 Å². The van der Waals surface area contributed by atoms with Crippen LogP contribution in [0, 0.1) is 5.92 Å². The van der Waals surface area contributed by atoms with Crippen LogP contribution in [0.5, 0.6) is 0 Å². The molecule has 2 rings (SSSR count). The molecule has 5 heteroatoms. The van der Waals surface area contributed by atoms with Crippen molar-refractivity contribution in [2.45, 2.75) is 38.1 Å². The van der Waals surface area contributed by atoms with Crippen LogP contribution in [-0.4, -0.2) is 33.8 Å². The van der Waals surface area contributed by atoms with Crippen LogP contribution in [0.1, 0.15) is 32.1 Å². The van der Waals surface area contributed by atoms with Gasteiger partial charge in [0.05, 0.1) is 0 Å². The SMILES string of the molecule is O=C(O)C1CCC(=O)N1C(=O)C1CCC1. The Bertz CT molecular complexity index is 321. The molecular formula is C10H13NO4. The van der Waals surface area contributed by atoms with E-state index in [1.54, 1.807) is 0 Å². The van der Waals surface area contributed by atoms with E-state index in [1.165, 1.54) is 0 Å². The molecule has 0 spiro atoms. The first-order chi connectivity index (χ1) is 7.11. The molecule has 1 N–H and O–H groups in total. The van der Waals surface area contributed by atoms with Crippen LogP contribution in [0.15, 0.2) is 0 Å². The number of imide groups is 1. The maximum atomic E-state index is 11.8. The number of hydrogen-bond acceptors (Lipinski definition) is 3. The quantitative estimate of drug-likeness (QED) is 0.670. The van der Waals surface area contributed by atoms with Gasteiger partial charge in [-0.05, 0) is 19.3 Å². The van der Waals surface area contributed by atoms with Crippen LogP contribution in [0.3, 0.4) is 0 Å². The maximum Gasteiger partial charge on any atom is 0.326 e. The number of carbonyl (C=O) groups is 3. The monoisotopic (exact) mass is 211 g/mol. The molecule has 2 amide bonds. The van der Waals surface area contributed by atoms with E-state index in [0.29, 0.717) is 0 Å². The number of hydrogen-bond donors (Lipinski definition) is 1. The molecule has 0 aromatic carbocycles. The fourth-order valence-electron chi connectivity index (χ4n) is 2.05. The highest BCUT2D eigenvalue weighted by Gasteiger charge is 2.43. The molecule has 1 saturated heterocycles. The smallest absolute Gasteiger partial charge is 0.326 e. The third kappa shape index (κ3) is 1.62. The molecule has 82 valence electrons. The summed E-state index contributed by atoms with van der Waals surface area (Å²) in [6, 6.07) is -0.925. The molecular weight excluding hydrogens is 198 g/mol. The molecule has 1 unspecified atom stereocenters. The van der Waals surface area contributed by atoms with E-state index >= 15 is 0 Å². The van der Waals surface area contributed by atoms with Gasteiger partial charge in [0.15, 0.2) is 0 Å². The van der Waals surface area contributed by atoms with Crippen LogP contribution in [0.25, 0.3) is 0 Å². The van der Waals surface area contributed by atoms with Crippen molar-refractivity contribution < 1.29 is 19.5 Å². The Labute approximate surface area is 87.1 Å². The Morgan fingerprint density at radius 1 is 1.27 bits per heavy atom. The van der Waals surface area contributed by atoms with Gasteiger partial charge < -0.3 is 5.11 Å². The molecule has 1 heterocycles. The predicted molar refractivity (Wildman–Crippen MR) is 49.9 cm³/mol. The van der Waals surface area contributed by atoms with Crippen LogP contribution < -0.4 is 0 Å². The second-order valence-electron chi connectivity index (χ2n) is 4.12. The van der Waals surface area contributed by atoms with Crippen molar-refractivity contribution in [3.63, 3.8) is 0 Å². The van der Waals surface area contributed by atoms with Gasteiger partial charge >= 0.3 is 5.97 Å². The molecule has 0 bridgehead atoms. The number of carboxylic acids is 1. The highest BCUT2D eigenvalue weighted by atomic mass is 16.4. The Balaban J connectivity index is 2.13. The van der Waals surface area contributed by atoms with Gasteiger partial charge in [0.1, 0.15) is 6.04 Å². The summed E-state index contributed by atoms with van der Waals surface area (Å²) in [5.41, 5.74) is 0. The fourth-order valence-corrected chi connectivity index (χ4v) is 2.05. The summed E-state index contributed by atoms with van der Waals surface area (Å²) < 4.78 is 0. The summed E-state index contributed by atoms with van der Waals surface area (Å²) in [5.74, 6) is -1.81. The van der Waals surface area contributed by atoms with Crippen molar-refractivity contribution in [1.82, 2.24) is 4.90 Å². The molecule has 1 aliphatic heterocycles. The first kappa shape index (κ1) is 10.1. The molecule has 2 aliphatic rings. The number of nitrogens with zero attached hydrogens (tertiary/aromatic N) is 1.